The smallest absolute Gasteiger partial charge is 0.165 e. The highest BCUT2D eigenvalue weighted by atomic mass is 35.5. The molecular weight excluding hydrogens is 265 g/mol. The number of hydrogen-bond acceptors (Lipinski definition) is 2. The monoisotopic (exact) mass is 275 g/mol. The Labute approximate surface area is 116 Å². The molecule has 96 valence electrons. The van der Waals surface area contributed by atoms with E-state index in [1.54, 1.807) is 30.3 Å². The molecule has 0 atom stereocenters. The Morgan fingerprint density at radius 3 is 2.74 bits per heavy atom. The average Bonchev–Trinajstić information content (AvgIpc) is 2.46. The van der Waals surface area contributed by atoms with Gasteiger partial charge in [-0.1, -0.05) is 24.3 Å². The van der Waals surface area contributed by atoms with Crippen LogP contribution < -0.4 is 4.74 Å². The summed E-state index contributed by atoms with van der Waals surface area (Å²) in [5, 5.41) is 8.81. The van der Waals surface area contributed by atoms with Crippen LogP contribution in [0.3, 0.4) is 0 Å². The SMILES string of the molecule is N#Cc1cccc(COc2c(F)cccc2CCl)c1. The topological polar surface area (TPSA) is 33.0 Å². The molecule has 0 aliphatic carbocycles. The molecule has 0 aliphatic heterocycles. The maximum atomic E-state index is 13.6. The van der Waals surface area contributed by atoms with Crippen LogP contribution in [0.25, 0.3) is 0 Å². The van der Waals surface area contributed by atoms with Gasteiger partial charge in [0.15, 0.2) is 11.6 Å². The summed E-state index contributed by atoms with van der Waals surface area (Å²) < 4.78 is 19.1. The largest absolute Gasteiger partial charge is 0.485 e. The number of ether oxygens (including phenoxy) is 1. The second kappa shape index (κ2) is 6.21. The number of nitrogens with zero attached hydrogens (tertiary/aromatic N) is 1. The molecule has 2 nitrogen and oxygen atoms in total. The van der Waals surface area contributed by atoms with Crippen molar-refractivity contribution in [2.45, 2.75) is 12.5 Å². The van der Waals surface area contributed by atoms with Crippen LogP contribution in [0.2, 0.25) is 0 Å². The molecule has 0 fully saturated rings. The first kappa shape index (κ1) is 13.4. The lowest BCUT2D eigenvalue weighted by atomic mass is 10.1. The third-order valence-corrected chi connectivity index (χ3v) is 2.92. The normalized spacial score (nSPS) is 9.95. The maximum absolute atomic E-state index is 13.6. The van der Waals surface area contributed by atoms with Gasteiger partial charge in [-0.15, -0.1) is 11.6 Å². The Morgan fingerprint density at radius 2 is 2.00 bits per heavy atom. The molecule has 2 aromatic rings. The van der Waals surface area contributed by atoms with Crippen LogP contribution in [0.1, 0.15) is 16.7 Å². The highest BCUT2D eigenvalue weighted by molar-refractivity contribution is 6.17. The van der Waals surface area contributed by atoms with Crippen LogP contribution in [0.15, 0.2) is 42.5 Å². The van der Waals surface area contributed by atoms with Crippen LogP contribution in [-0.2, 0) is 12.5 Å². The molecule has 0 amide bonds. The molecule has 0 aromatic heterocycles. The molecule has 0 saturated heterocycles. The average molecular weight is 276 g/mol. The summed E-state index contributed by atoms with van der Waals surface area (Å²) in [6.07, 6.45) is 0. The lowest BCUT2D eigenvalue weighted by Crippen LogP contribution is -2.00. The molecule has 0 aliphatic rings. The Kier molecular flexibility index (Phi) is 4.38. The maximum Gasteiger partial charge on any atom is 0.165 e. The Morgan fingerprint density at radius 1 is 1.21 bits per heavy atom. The minimum atomic E-state index is -0.436. The van der Waals surface area contributed by atoms with Gasteiger partial charge >= 0.3 is 0 Å². The number of para-hydroxylation sites is 1. The minimum absolute atomic E-state index is 0.167. The van der Waals surface area contributed by atoms with Gasteiger partial charge in [0, 0.05) is 5.56 Å². The summed E-state index contributed by atoms with van der Waals surface area (Å²) in [6.45, 7) is 0.195. The van der Waals surface area contributed by atoms with Gasteiger partial charge in [0.1, 0.15) is 6.61 Å². The van der Waals surface area contributed by atoms with Crippen LogP contribution in [0.5, 0.6) is 5.75 Å². The van der Waals surface area contributed by atoms with Gasteiger partial charge in [-0.05, 0) is 23.8 Å². The molecule has 0 unspecified atom stereocenters. The third-order valence-electron chi connectivity index (χ3n) is 2.63. The summed E-state index contributed by atoms with van der Waals surface area (Å²) in [5.74, 6) is -0.0832. The van der Waals surface area contributed by atoms with Gasteiger partial charge in [0.2, 0.25) is 0 Å². The quantitative estimate of drug-likeness (QED) is 0.790. The van der Waals surface area contributed by atoms with E-state index in [4.69, 9.17) is 21.6 Å². The van der Waals surface area contributed by atoms with Crippen molar-refractivity contribution in [3.63, 3.8) is 0 Å². The van der Waals surface area contributed by atoms with Gasteiger partial charge in [0.25, 0.3) is 0 Å². The number of benzene rings is 2. The van der Waals surface area contributed by atoms with E-state index < -0.39 is 5.82 Å². The molecule has 0 N–H and O–H groups in total. The number of halogens is 2. The molecule has 0 radical (unpaired) electrons. The summed E-state index contributed by atoms with van der Waals surface area (Å²) >= 11 is 5.74. The molecule has 0 saturated carbocycles. The van der Waals surface area contributed by atoms with Crippen molar-refractivity contribution in [2.24, 2.45) is 0 Å². The fourth-order valence-corrected chi connectivity index (χ4v) is 1.92. The standard InChI is InChI=1S/C15H11ClFNO/c16-8-13-5-2-6-14(17)15(13)19-10-12-4-1-3-11(7-12)9-18/h1-7H,8,10H2. The lowest BCUT2D eigenvalue weighted by Gasteiger charge is -2.11. The molecule has 19 heavy (non-hydrogen) atoms. The number of alkyl halides is 1. The van der Waals surface area contributed by atoms with Gasteiger partial charge in [-0.2, -0.15) is 5.26 Å². The van der Waals surface area contributed by atoms with E-state index >= 15 is 0 Å². The molecular formula is C15H11ClFNO. The second-order valence-electron chi connectivity index (χ2n) is 3.96. The third kappa shape index (κ3) is 3.24. The van der Waals surface area contributed by atoms with E-state index in [2.05, 4.69) is 0 Å². The summed E-state index contributed by atoms with van der Waals surface area (Å²) in [5.41, 5.74) is 1.97. The van der Waals surface area contributed by atoms with Crippen LogP contribution in [-0.4, -0.2) is 0 Å². The second-order valence-corrected chi connectivity index (χ2v) is 4.23. The van der Waals surface area contributed by atoms with Gasteiger partial charge in [-0.25, -0.2) is 4.39 Å². The summed E-state index contributed by atoms with van der Waals surface area (Å²) in [4.78, 5) is 0. The van der Waals surface area contributed by atoms with E-state index in [-0.39, 0.29) is 18.2 Å². The van der Waals surface area contributed by atoms with Gasteiger partial charge < -0.3 is 4.74 Å². The van der Waals surface area contributed by atoms with Crippen molar-refractivity contribution in [1.29, 1.82) is 5.26 Å². The molecule has 0 heterocycles. The molecule has 0 bridgehead atoms. The van der Waals surface area contributed by atoms with E-state index in [1.165, 1.54) is 6.07 Å². The van der Waals surface area contributed by atoms with E-state index in [0.29, 0.717) is 11.1 Å². The van der Waals surface area contributed by atoms with Crippen molar-refractivity contribution in [3.05, 3.63) is 65.0 Å². The molecule has 0 spiro atoms. The summed E-state index contributed by atoms with van der Waals surface area (Å²) in [7, 11) is 0. The van der Waals surface area contributed by atoms with Crippen LogP contribution in [0, 0.1) is 17.1 Å². The van der Waals surface area contributed by atoms with Gasteiger partial charge in [0.05, 0.1) is 17.5 Å². The highest BCUT2D eigenvalue weighted by Gasteiger charge is 2.09. The van der Waals surface area contributed by atoms with Crippen molar-refractivity contribution >= 4 is 11.6 Å². The summed E-state index contributed by atoms with van der Waals surface area (Å²) in [6, 6.07) is 13.7. The van der Waals surface area contributed by atoms with Gasteiger partial charge in [-0.3, -0.25) is 0 Å². The van der Waals surface area contributed by atoms with Crippen LogP contribution in [0.4, 0.5) is 4.39 Å². The zero-order valence-electron chi connectivity index (χ0n) is 10.1. The van der Waals surface area contributed by atoms with E-state index in [9.17, 15) is 4.39 Å². The fraction of sp³-hybridized carbons (Fsp3) is 0.133. The first-order valence-corrected chi connectivity index (χ1v) is 6.23. The fourth-order valence-electron chi connectivity index (χ4n) is 1.71. The Balaban J connectivity index is 2.17. The molecule has 2 aromatic carbocycles. The Hall–Kier alpha value is -2.05. The van der Waals surface area contributed by atoms with Crippen molar-refractivity contribution in [2.75, 3.05) is 0 Å². The lowest BCUT2D eigenvalue weighted by molar-refractivity contribution is 0.288. The number of rotatable bonds is 4. The highest BCUT2D eigenvalue weighted by Crippen LogP contribution is 2.25. The molecule has 2 rings (SSSR count). The first-order chi connectivity index (χ1) is 9.24. The van der Waals surface area contributed by atoms with Crippen molar-refractivity contribution in [3.8, 4) is 11.8 Å². The predicted octanol–water partition coefficient (Wildman–Crippen LogP) is 4.02. The van der Waals surface area contributed by atoms with E-state index in [0.717, 1.165) is 5.56 Å². The number of hydrogen-bond donors (Lipinski definition) is 0. The Bertz CT molecular complexity index is 622. The van der Waals surface area contributed by atoms with Crippen LogP contribution >= 0.6 is 11.6 Å². The van der Waals surface area contributed by atoms with E-state index in [1.807, 2.05) is 12.1 Å². The minimum Gasteiger partial charge on any atom is -0.485 e. The van der Waals surface area contributed by atoms with Crippen molar-refractivity contribution < 1.29 is 9.13 Å². The zero-order chi connectivity index (χ0) is 13.7. The van der Waals surface area contributed by atoms with Crippen molar-refractivity contribution in [1.82, 2.24) is 0 Å². The number of nitriles is 1. The molecule has 4 heteroatoms. The first-order valence-electron chi connectivity index (χ1n) is 5.70. The predicted molar refractivity (Wildman–Crippen MR) is 71.4 cm³/mol. The zero-order valence-corrected chi connectivity index (χ0v) is 10.8.